The summed E-state index contributed by atoms with van der Waals surface area (Å²) in [6.07, 6.45) is 4.86. The average Bonchev–Trinajstić information content (AvgIpc) is 3.60. The van der Waals surface area contributed by atoms with E-state index in [1.165, 1.54) is 23.2 Å². The van der Waals surface area contributed by atoms with Gasteiger partial charge < -0.3 is 24.8 Å². The van der Waals surface area contributed by atoms with Crippen LogP contribution in [0.4, 0.5) is 21.5 Å². The van der Waals surface area contributed by atoms with E-state index in [2.05, 4.69) is 26.6 Å². The molecule has 0 saturated carbocycles. The van der Waals surface area contributed by atoms with Gasteiger partial charge in [-0.15, -0.1) is 5.10 Å². The zero-order valence-electron chi connectivity index (χ0n) is 26.7. The second kappa shape index (κ2) is 13.0. The zero-order chi connectivity index (χ0) is 33.5. The van der Waals surface area contributed by atoms with Crippen LogP contribution in [0.5, 0.6) is 0 Å². The number of aromatic nitrogens is 3. The number of methoxy groups -OCH3 is 1. The Bertz CT molecular complexity index is 1910. The molecule has 0 spiro atoms. The molecule has 1 saturated heterocycles. The van der Waals surface area contributed by atoms with Crippen LogP contribution in [0.1, 0.15) is 52.5 Å². The van der Waals surface area contributed by atoms with Gasteiger partial charge in [-0.25, -0.2) is 9.07 Å². The molecule has 4 heterocycles. The predicted molar refractivity (Wildman–Crippen MR) is 179 cm³/mol. The topological polar surface area (TPSA) is 113 Å². The maximum Gasteiger partial charge on any atom is 0.277 e. The van der Waals surface area contributed by atoms with Crippen LogP contribution in [0, 0.1) is 5.82 Å². The van der Waals surface area contributed by atoms with Gasteiger partial charge >= 0.3 is 0 Å². The normalized spacial score (nSPS) is 18.0. The lowest BCUT2D eigenvalue weighted by Gasteiger charge is -2.40. The monoisotopic (exact) mass is 671 g/mol. The SMILES string of the molecule is COC1CCN(c2cccc3c2CCN(C(=O)c2cn(-c4cccc(Cl)c4F)nn2)C3C(=O)Nc2ccc3c(c2)CCC(=O)N3C)CC1. The number of fused-ring (bicyclic) bond motifs is 2. The third-order valence-electron chi connectivity index (χ3n) is 9.60. The standard InChI is InChI=1S/C35H35ClFN7O4/c1-41-28-11-10-22(19-21(28)9-12-31(41)45)38-34(46)33-25-5-3-7-29(42-16-13-23(48-2)14-17-42)24(25)15-18-43(33)35(47)27-20-44(40-39-27)30-8-4-6-26(36)32(30)37/h3-8,10-11,19-20,23,33H,9,12-18H2,1-2H3,(H,38,46). The molecule has 0 bridgehead atoms. The van der Waals surface area contributed by atoms with Crippen LogP contribution in [0.3, 0.4) is 0 Å². The van der Waals surface area contributed by atoms with Crippen molar-refractivity contribution in [2.75, 3.05) is 48.9 Å². The number of piperidine rings is 1. The highest BCUT2D eigenvalue weighted by Gasteiger charge is 2.39. The average molecular weight is 672 g/mol. The number of benzene rings is 3. The van der Waals surface area contributed by atoms with Gasteiger partial charge in [-0.05, 0) is 78.8 Å². The van der Waals surface area contributed by atoms with E-state index in [9.17, 15) is 18.8 Å². The summed E-state index contributed by atoms with van der Waals surface area (Å²) in [5.41, 5.74) is 5.16. The first-order chi connectivity index (χ1) is 23.2. The molecule has 1 aromatic heterocycles. The van der Waals surface area contributed by atoms with E-state index in [0.717, 1.165) is 58.7 Å². The fraction of sp³-hybridized carbons (Fsp3) is 0.343. The lowest BCUT2D eigenvalue weighted by atomic mass is 9.89. The zero-order valence-corrected chi connectivity index (χ0v) is 27.4. The maximum absolute atomic E-state index is 14.8. The maximum atomic E-state index is 14.8. The van der Waals surface area contributed by atoms with Gasteiger partial charge in [-0.3, -0.25) is 14.4 Å². The van der Waals surface area contributed by atoms with Gasteiger partial charge in [0, 0.05) is 57.3 Å². The number of nitrogens with one attached hydrogen (secondary N) is 1. The molecule has 3 aliphatic heterocycles. The number of anilines is 3. The highest BCUT2D eigenvalue weighted by molar-refractivity contribution is 6.30. The molecule has 1 unspecified atom stereocenters. The van der Waals surface area contributed by atoms with E-state index in [1.54, 1.807) is 31.2 Å². The smallest absolute Gasteiger partial charge is 0.277 e. The highest BCUT2D eigenvalue weighted by Crippen LogP contribution is 2.38. The van der Waals surface area contributed by atoms with Gasteiger partial charge in [0.1, 0.15) is 11.7 Å². The molecular formula is C35H35ClFN7O4. The minimum Gasteiger partial charge on any atom is -0.381 e. The molecule has 3 amide bonds. The van der Waals surface area contributed by atoms with Crippen molar-refractivity contribution < 1.29 is 23.5 Å². The van der Waals surface area contributed by atoms with Gasteiger partial charge in [0.25, 0.3) is 11.8 Å². The molecule has 1 fully saturated rings. The van der Waals surface area contributed by atoms with Crippen LogP contribution in [0.25, 0.3) is 5.69 Å². The Morgan fingerprint density at radius 2 is 1.75 bits per heavy atom. The number of ether oxygens (including phenoxy) is 1. The summed E-state index contributed by atoms with van der Waals surface area (Å²) in [4.78, 5) is 46.1. The Labute approximate surface area is 282 Å². The van der Waals surface area contributed by atoms with Crippen molar-refractivity contribution in [1.82, 2.24) is 19.9 Å². The minimum absolute atomic E-state index is 0.0325. The van der Waals surface area contributed by atoms with Gasteiger partial charge in [0.2, 0.25) is 5.91 Å². The van der Waals surface area contributed by atoms with Gasteiger partial charge in [-0.2, -0.15) is 0 Å². The highest BCUT2D eigenvalue weighted by atomic mass is 35.5. The summed E-state index contributed by atoms with van der Waals surface area (Å²) < 4.78 is 21.5. The Kier molecular flexibility index (Phi) is 8.61. The molecule has 3 aliphatic rings. The first-order valence-corrected chi connectivity index (χ1v) is 16.4. The molecule has 0 radical (unpaired) electrons. The third kappa shape index (κ3) is 5.79. The molecule has 4 aromatic rings. The first-order valence-electron chi connectivity index (χ1n) is 16.0. The van der Waals surface area contributed by atoms with Crippen molar-refractivity contribution in [1.29, 1.82) is 0 Å². The van der Waals surface area contributed by atoms with Crippen LogP contribution >= 0.6 is 11.6 Å². The van der Waals surface area contributed by atoms with Crippen LogP contribution < -0.4 is 15.1 Å². The Morgan fingerprint density at radius 3 is 2.54 bits per heavy atom. The summed E-state index contributed by atoms with van der Waals surface area (Å²) in [7, 11) is 3.48. The van der Waals surface area contributed by atoms with Gasteiger partial charge in [-0.1, -0.05) is 35.0 Å². The Hall–Kier alpha value is -4.81. The number of carbonyl (C=O) groups excluding carboxylic acids is 3. The molecule has 7 rings (SSSR count). The summed E-state index contributed by atoms with van der Waals surface area (Å²) in [5, 5.41) is 11.0. The van der Waals surface area contributed by atoms with Crippen molar-refractivity contribution in [3.8, 4) is 5.69 Å². The number of rotatable bonds is 6. The Balaban J connectivity index is 1.23. The lowest BCUT2D eigenvalue weighted by Crippen LogP contribution is -2.46. The lowest BCUT2D eigenvalue weighted by molar-refractivity contribution is -0.121. The minimum atomic E-state index is -0.981. The molecule has 48 heavy (non-hydrogen) atoms. The van der Waals surface area contributed by atoms with Crippen molar-refractivity contribution in [3.63, 3.8) is 0 Å². The van der Waals surface area contributed by atoms with Crippen molar-refractivity contribution in [3.05, 3.63) is 94.0 Å². The number of amides is 3. The molecule has 3 aromatic carbocycles. The largest absolute Gasteiger partial charge is 0.381 e. The number of carbonyl (C=O) groups is 3. The third-order valence-corrected chi connectivity index (χ3v) is 9.89. The summed E-state index contributed by atoms with van der Waals surface area (Å²) >= 11 is 5.98. The number of hydrogen-bond acceptors (Lipinski definition) is 7. The quantitative estimate of drug-likeness (QED) is 0.308. The predicted octanol–water partition coefficient (Wildman–Crippen LogP) is 4.96. The van der Waals surface area contributed by atoms with Gasteiger partial charge in [0.05, 0.1) is 17.3 Å². The Morgan fingerprint density at radius 1 is 0.979 bits per heavy atom. The van der Waals surface area contributed by atoms with Crippen LogP contribution in [-0.2, 0) is 27.2 Å². The summed E-state index contributed by atoms with van der Waals surface area (Å²) in [6, 6.07) is 14.9. The van der Waals surface area contributed by atoms with E-state index in [1.807, 2.05) is 24.3 Å². The van der Waals surface area contributed by atoms with E-state index in [4.69, 9.17) is 16.3 Å². The molecule has 0 aliphatic carbocycles. The molecule has 248 valence electrons. The van der Waals surface area contributed by atoms with E-state index < -0.39 is 17.8 Å². The number of nitrogens with zero attached hydrogens (tertiary/aromatic N) is 6. The van der Waals surface area contributed by atoms with Crippen molar-refractivity contribution >= 4 is 46.4 Å². The molecule has 13 heteroatoms. The van der Waals surface area contributed by atoms with Gasteiger partial charge in [0.15, 0.2) is 11.5 Å². The van der Waals surface area contributed by atoms with Crippen molar-refractivity contribution in [2.24, 2.45) is 0 Å². The van der Waals surface area contributed by atoms with E-state index in [0.29, 0.717) is 24.9 Å². The number of hydrogen-bond donors (Lipinski definition) is 1. The first kappa shape index (κ1) is 31.8. The second-order valence-corrected chi connectivity index (χ2v) is 12.7. The molecule has 1 atom stereocenters. The number of aryl methyl sites for hydroxylation is 1. The summed E-state index contributed by atoms with van der Waals surface area (Å²) in [6.45, 7) is 1.90. The van der Waals surface area contributed by atoms with Crippen LogP contribution in [-0.4, -0.2) is 77.5 Å². The van der Waals surface area contributed by atoms with Crippen molar-refractivity contribution in [2.45, 2.75) is 44.2 Å². The molecular weight excluding hydrogens is 637 g/mol. The fourth-order valence-corrected chi connectivity index (χ4v) is 7.19. The van der Waals surface area contributed by atoms with E-state index in [-0.39, 0.29) is 40.9 Å². The molecule has 1 N–H and O–H groups in total. The molecule has 11 nitrogen and oxygen atoms in total. The van der Waals surface area contributed by atoms with Crippen LogP contribution in [0.15, 0.2) is 60.8 Å². The fourth-order valence-electron chi connectivity index (χ4n) is 7.02. The van der Waals surface area contributed by atoms with E-state index >= 15 is 0 Å². The number of halogens is 2. The van der Waals surface area contributed by atoms with Crippen LogP contribution in [0.2, 0.25) is 5.02 Å². The second-order valence-electron chi connectivity index (χ2n) is 12.3. The summed E-state index contributed by atoms with van der Waals surface area (Å²) in [5.74, 6) is -1.53.